The van der Waals surface area contributed by atoms with Gasteiger partial charge in [-0.25, -0.2) is 0 Å². The molecule has 1 saturated carbocycles. The Hall–Kier alpha value is -3.60. The Balaban J connectivity index is 2.07. The van der Waals surface area contributed by atoms with Crippen molar-refractivity contribution >= 4 is 36.1 Å². The fourth-order valence-corrected chi connectivity index (χ4v) is 5.45. The molecule has 234 valence electrons. The first-order valence-corrected chi connectivity index (χ1v) is 12.9. The maximum atomic E-state index is 12.1. The van der Waals surface area contributed by atoms with E-state index in [1.807, 2.05) is 0 Å². The van der Waals surface area contributed by atoms with E-state index < -0.39 is 103 Å². The molecule has 0 unspecified atom stereocenters. The van der Waals surface area contributed by atoms with E-state index >= 15 is 0 Å². The topological polar surface area (TPSA) is 217 Å². The molecule has 16 nitrogen and oxygen atoms in total. The summed E-state index contributed by atoms with van der Waals surface area (Å²) in [6.07, 6.45) is -9.89. The predicted octanol–water partition coefficient (Wildman–Crippen LogP) is -1.04. The second-order valence-electron chi connectivity index (χ2n) is 10.3. The van der Waals surface area contributed by atoms with Crippen molar-refractivity contribution in [3.63, 3.8) is 0 Å². The summed E-state index contributed by atoms with van der Waals surface area (Å²) in [5.74, 6) is -5.58. The number of rotatable bonds is 9. The molecule has 1 saturated heterocycles. The molecule has 2 fully saturated rings. The molecule has 0 spiro atoms. The number of ether oxygens (including phenoxy) is 8. The quantitative estimate of drug-likeness (QED) is 0.183. The molecule has 3 aliphatic rings. The molecule has 10 atom stereocenters. The van der Waals surface area contributed by atoms with Crippen LogP contribution in [0.25, 0.3) is 0 Å². The summed E-state index contributed by atoms with van der Waals surface area (Å²) >= 11 is 0. The van der Waals surface area contributed by atoms with Gasteiger partial charge in [0.05, 0.1) is 17.8 Å². The van der Waals surface area contributed by atoms with E-state index in [0.717, 1.165) is 40.9 Å². The molecule has 0 bridgehead atoms. The summed E-state index contributed by atoms with van der Waals surface area (Å²) in [6, 6.07) is 0. The van der Waals surface area contributed by atoms with Crippen molar-refractivity contribution in [3.8, 4) is 0 Å². The lowest BCUT2D eigenvalue weighted by Crippen LogP contribution is -2.64. The number of fused-ring (bicyclic) bond motifs is 1. The highest BCUT2D eigenvalue weighted by molar-refractivity contribution is 5.77. The molecule has 2 N–H and O–H groups in total. The van der Waals surface area contributed by atoms with Crippen LogP contribution < -0.4 is 0 Å². The zero-order chi connectivity index (χ0) is 31.6. The van der Waals surface area contributed by atoms with Gasteiger partial charge in [0.1, 0.15) is 30.0 Å². The molecule has 16 heteroatoms. The fraction of sp³-hybridized carbons (Fsp3) is 0.692. The Morgan fingerprint density at radius 1 is 0.857 bits per heavy atom. The van der Waals surface area contributed by atoms with Crippen LogP contribution in [0.3, 0.4) is 0 Å². The highest BCUT2D eigenvalue weighted by Gasteiger charge is 2.68. The zero-order valence-corrected chi connectivity index (χ0v) is 23.8. The monoisotopic (exact) mass is 602 g/mol. The standard InChI is InChI=1S/C26H34O16/c1-11(28)35-10-17-19(38-13(3)30)20(39-14(4)31)21(40-15(5)32)23(41-17)42-24-22-25(6,33)18(37-12(2)29)7-26(22,34)16(8-27)9-36-24/h8-9,17-24,33-34H,7,10H2,1-6H3/t17-,18+,19-,20+,21-,22-,23+,24+,25+,26+/m1/s1. The zero-order valence-electron chi connectivity index (χ0n) is 23.8. The number of hydrogen-bond acceptors (Lipinski definition) is 16. The second kappa shape index (κ2) is 12.7. The third kappa shape index (κ3) is 6.88. The van der Waals surface area contributed by atoms with Gasteiger partial charge >= 0.3 is 29.8 Å². The number of carbonyl (C=O) groups is 6. The van der Waals surface area contributed by atoms with E-state index in [0.29, 0.717) is 6.29 Å². The van der Waals surface area contributed by atoms with Crippen LogP contribution in [-0.4, -0.2) is 107 Å². The second-order valence-corrected chi connectivity index (χ2v) is 10.3. The van der Waals surface area contributed by atoms with E-state index in [4.69, 9.17) is 37.9 Å². The molecule has 0 aromatic carbocycles. The minimum Gasteiger partial charge on any atom is -0.471 e. The van der Waals surface area contributed by atoms with Gasteiger partial charge < -0.3 is 48.1 Å². The van der Waals surface area contributed by atoms with Crippen LogP contribution in [0.15, 0.2) is 11.8 Å². The van der Waals surface area contributed by atoms with Gasteiger partial charge in [-0.3, -0.25) is 28.8 Å². The van der Waals surface area contributed by atoms with E-state index in [9.17, 15) is 39.0 Å². The Kier molecular flexibility index (Phi) is 9.97. The number of esters is 5. The summed E-state index contributed by atoms with van der Waals surface area (Å²) in [5, 5.41) is 23.0. The van der Waals surface area contributed by atoms with Crippen molar-refractivity contribution in [3.05, 3.63) is 11.8 Å². The van der Waals surface area contributed by atoms with Crippen molar-refractivity contribution in [2.75, 3.05) is 6.61 Å². The molecule has 3 rings (SSSR count). The molecule has 0 amide bonds. The van der Waals surface area contributed by atoms with Gasteiger partial charge in [-0.05, 0) is 6.92 Å². The van der Waals surface area contributed by atoms with Crippen LogP contribution in [0, 0.1) is 5.92 Å². The van der Waals surface area contributed by atoms with Crippen molar-refractivity contribution in [1.82, 2.24) is 0 Å². The van der Waals surface area contributed by atoms with Gasteiger partial charge in [0.2, 0.25) is 12.6 Å². The molecule has 2 aliphatic heterocycles. The Morgan fingerprint density at radius 2 is 1.40 bits per heavy atom. The summed E-state index contributed by atoms with van der Waals surface area (Å²) in [5.41, 5.74) is -4.44. The first kappa shape index (κ1) is 32.9. The molecule has 0 aromatic rings. The van der Waals surface area contributed by atoms with Gasteiger partial charge in [-0.1, -0.05) is 0 Å². The lowest BCUT2D eigenvalue weighted by Gasteiger charge is -2.47. The number of carbonyl (C=O) groups excluding carboxylic acids is 6. The summed E-state index contributed by atoms with van der Waals surface area (Å²) < 4.78 is 43.8. The van der Waals surface area contributed by atoms with Gasteiger partial charge in [0.15, 0.2) is 24.6 Å². The minimum atomic E-state index is -2.12. The number of hydrogen-bond donors (Lipinski definition) is 2. The smallest absolute Gasteiger partial charge is 0.303 e. The van der Waals surface area contributed by atoms with Gasteiger partial charge in [0.25, 0.3) is 0 Å². The van der Waals surface area contributed by atoms with Crippen molar-refractivity contribution in [2.45, 2.75) is 102 Å². The lowest BCUT2D eigenvalue weighted by atomic mass is 9.78. The third-order valence-electron chi connectivity index (χ3n) is 7.05. The third-order valence-corrected chi connectivity index (χ3v) is 7.05. The van der Waals surface area contributed by atoms with E-state index in [-0.39, 0.29) is 5.57 Å². The molecule has 1 aliphatic carbocycles. The van der Waals surface area contributed by atoms with E-state index in [2.05, 4.69) is 0 Å². The van der Waals surface area contributed by atoms with Crippen molar-refractivity contribution in [1.29, 1.82) is 0 Å². The van der Waals surface area contributed by atoms with Crippen LogP contribution in [0.5, 0.6) is 0 Å². The van der Waals surface area contributed by atoms with E-state index in [1.165, 1.54) is 6.92 Å². The number of aliphatic hydroxyl groups is 2. The highest BCUT2D eigenvalue weighted by atomic mass is 16.8. The molecule has 0 aromatic heterocycles. The minimum absolute atomic E-state index is 0.274. The molecule has 2 heterocycles. The van der Waals surface area contributed by atoms with Crippen LogP contribution >= 0.6 is 0 Å². The van der Waals surface area contributed by atoms with Crippen LogP contribution in [0.2, 0.25) is 0 Å². The summed E-state index contributed by atoms with van der Waals surface area (Å²) in [4.78, 5) is 71.2. The first-order valence-electron chi connectivity index (χ1n) is 12.9. The fourth-order valence-electron chi connectivity index (χ4n) is 5.45. The number of aldehydes is 1. The van der Waals surface area contributed by atoms with E-state index in [1.54, 1.807) is 0 Å². The SMILES string of the molecule is CC(=O)OC[C@H]1O[C@@H](O[C@@H]2OC=C(C=O)[C@@]3(O)C[C@H](OC(C)=O)[C@](C)(O)[C@@H]23)[C@H](OC(C)=O)[C@@H](OC(C)=O)[C@@H]1OC(C)=O. The van der Waals surface area contributed by atoms with Crippen LogP contribution in [-0.2, 0) is 66.7 Å². The predicted molar refractivity (Wildman–Crippen MR) is 131 cm³/mol. The van der Waals surface area contributed by atoms with Crippen molar-refractivity contribution < 1.29 is 76.9 Å². The molecule has 0 radical (unpaired) electrons. The normalized spacial score (nSPS) is 37.2. The average Bonchev–Trinajstić information content (AvgIpc) is 3.05. The largest absolute Gasteiger partial charge is 0.471 e. The summed E-state index contributed by atoms with van der Waals surface area (Å²) in [6.45, 7) is 6.06. The lowest BCUT2D eigenvalue weighted by molar-refractivity contribution is -0.353. The summed E-state index contributed by atoms with van der Waals surface area (Å²) in [7, 11) is 0. The molecule has 42 heavy (non-hydrogen) atoms. The van der Waals surface area contributed by atoms with Crippen LogP contribution in [0.1, 0.15) is 48.0 Å². The van der Waals surface area contributed by atoms with Gasteiger partial charge in [-0.2, -0.15) is 0 Å². The first-order chi connectivity index (χ1) is 19.5. The maximum Gasteiger partial charge on any atom is 0.303 e. The molecular formula is C26H34O16. The van der Waals surface area contributed by atoms with Crippen molar-refractivity contribution in [2.24, 2.45) is 5.92 Å². The highest BCUT2D eigenvalue weighted by Crippen LogP contribution is 2.53. The Labute approximate surface area is 240 Å². The van der Waals surface area contributed by atoms with Crippen LogP contribution in [0.4, 0.5) is 0 Å². The van der Waals surface area contributed by atoms with Gasteiger partial charge in [0, 0.05) is 41.0 Å². The Morgan fingerprint density at radius 3 is 1.93 bits per heavy atom. The maximum absolute atomic E-state index is 12.1. The molecular weight excluding hydrogens is 568 g/mol. The Bertz CT molecular complexity index is 1130. The average molecular weight is 603 g/mol. The van der Waals surface area contributed by atoms with Gasteiger partial charge in [-0.15, -0.1) is 0 Å².